The Kier molecular flexibility index (Phi) is 1.55. The van der Waals surface area contributed by atoms with Gasteiger partial charge in [-0.05, 0) is 19.1 Å². The van der Waals surface area contributed by atoms with E-state index >= 15 is 0 Å². The molecule has 0 spiro atoms. The zero-order valence-corrected chi connectivity index (χ0v) is 7.19. The summed E-state index contributed by atoms with van der Waals surface area (Å²) in [6.07, 6.45) is 3.29. The molecule has 4 nitrogen and oxygen atoms in total. The van der Waals surface area contributed by atoms with E-state index in [2.05, 4.69) is 5.10 Å². The number of carbonyl (C=O) groups is 1. The first-order valence-electron chi connectivity index (χ1n) is 3.92. The van der Waals surface area contributed by atoms with Gasteiger partial charge in [0.2, 0.25) is 0 Å². The first-order valence-corrected chi connectivity index (χ1v) is 3.92. The molecule has 13 heavy (non-hydrogen) atoms. The number of nitrogens with zero attached hydrogens (tertiary/aromatic N) is 2. The maximum atomic E-state index is 11.1. The zero-order chi connectivity index (χ0) is 9.42. The zero-order valence-electron chi connectivity index (χ0n) is 7.19. The minimum absolute atomic E-state index is 0.000556. The lowest BCUT2D eigenvalue weighted by atomic mass is 10.2. The molecule has 0 unspecified atom stereocenters. The summed E-state index contributed by atoms with van der Waals surface area (Å²) in [6.45, 7) is 1.51. The van der Waals surface area contributed by atoms with Gasteiger partial charge in [0, 0.05) is 11.9 Å². The minimum Gasteiger partial charge on any atom is -0.399 e. The number of nitrogens with two attached hydrogens (primary N) is 1. The van der Waals surface area contributed by atoms with Crippen LogP contribution in [0.1, 0.15) is 17.3 Å². The molecule has 0 atom stereocenters. The van der Waals surface area contributed by atoms with Crippen LogP contribution in [-0.4, -0.2) is 15.4 Å². The SMILES string of the molecule is CC(=O)c1cnn2ccc(N)cc12. The summed E-state index contributed by atoms with van der Waals surface area (Å²) in [4.78, 5) is 11.1. The molecular weight excluding hydrogens is 166 g/mol. The number of Topliss-reactive ketones (excluding diaryl/α,β-unsaturated/α-hetero) is 1. The van der Waals surface area contributed by atoms with Crippen LogP contribution in [0.15, 0.2) is 24.5 Å². The van der Waals surface area contributed by atoms with Gasteiger partial charge >= 0.3 is 0 Å². The van der Waals surface area contributed by atoms with Crippen LogP contribution in [0.4, 0.5) is 5.69 Å². The third-order valence-corrected chi connectivity index (χ3v) is 1.92. The van der Waals surface area contributed by atoms with Gasteiger partial charge in [-0.2, -0.15) is 5.10 Å². The smallest absolute Gasteiger partial charge is 0.163 e. The lowest BCUT2D eigenvalue weighted by Crippen LogP contribution is -1.93. The number of hydrogen-bond acceptors (Lipinski definition) is 3. The molecule has 2 rings (SSSR count). The molecule has 0 saturated carbocycles. The van der Waals surface area contributed by atoms with Crippen molar-refractivity contribution in [1.82, 2.24) is 9.61 Å². The Labute approximate surface area is 75.0 Å². The summed E-state index contributed by atoms with van der Waals surface area (Å²) < 4.78 is 1.63. The number of carbonyl (C=O) groups excluding carboxylic acids is 1. The van der Waals surface area contributed by atoms with Gasteiger partial charge in [0.1, 0.15) is 0 Å². The molecule has 2 aromatic heterocycles. The molecule has 4 heteroatoms. The number of pyridine rings is 1. The normalized spacial score (nSPS) is 10.5. The Morgan fingerprint density at radius 3 is 3.08 bits per heavy atom. The maximum Gasteiger partial charge on any atom is 0.163 e. The van der Waals surface area contributed by atoms with Crippen LogP contribution >= 0.6 is 0 Å². The second-order valence-electron chi connectivity index (χ2n) is 2.90. The molecule has 0 aromatic carbocycles. The van der Waals surface area contributed by atoms with E-state index in [4.69, 9.17) is 5.73 Å². The van der Waals surface area contributed by atoms with Gasteiger partial charge in [-0.1, -0.05) is 0 Å². The summed E-state index contributed by atoms with van der Waals surface area (Å²) in [5, 5.41) is 4.02. The monoisotopic (exact) mass is 175 g/mol. The molecule has 0 aliphatic rings. The highest BCUT2D eigenvalue weighted by Gasteiger charge is 2.07. The highest BCUT2D eigenvalue weighted by Crippen LogP contribution is 2.13. The van der Waals surface area contributed by atoms with E-state index in [1.54, 1.807) is 29.0 Å². The standard InChI is InChI=1S/C9H9N3O/c1-6(13)8-5-11-12-3-2-7(10)4-9(8)12/h2-5H,10H2,1H3. The summed E-state index contributed by atoms with van der Waals surface area (Å²) >= 11 is 0. The summed E-state index contributed by atoms with van der Waals surface area (Å²) in [7, 11) is 0. The molecule has 0 aliphatic carbocycles. The lowest BCUT2D eigenvalue weighted by Gasteiger charge is -1.96. The van der Waals surface area contributed by atoms with E-state index in [-0.39, 0.29) is 5.78 Å². The van der Waals surface area contributed by atoms with Crippen molar-refractivity contribution in [3.05, 3.63) is 30.1 Å². The highest BCUT2D eigenvalue weighted by molar-refractivity contribution is 6.00. The van der Waals surface area contributed by atoms with E-state index < -0.39 is 0 Å². The Hall–Kier alpha value is -1.84. The average Bonchev–Trinajstić information content (AvgIpc) is 2.46. The number of nitrogen functional groups attached to an aromatic ring is 1. The topological polar surface area (TPSA) is 60.4 Å². The van der Waals surface area contributed by atoms with Crippen LogP contribution in [0.25, 0.3) is 5.52 Å². The maximum absolute atomic E-state index is 11.1. The van der Waals surface area contributed by atoms with E-state index in [1.807, 2.05) is 0 Å². The molecule has 2 heterocycles. The Balaban J connectivity index is 2.79. The van der Waals surface area contributed by atoms with Gasteiger partial charge in [-0.15, -0.1) is 0 Å². The second-order valence-corrected chi connectivity index (χ2v) is 2.90. The van der Waals surface area contributed by atoms with Crippen molar-refractivity contribution >= 4 is 17.0 Å². The molecule has 2 aromatic rings. The van der Waals surface area contributed by atoms with Crippen molar-refractivity contribution in [1.29, 1.82) is 0 Å². The molecule has 0 bridgehead atoms. The minimum atomic E-state index is 0.000556. The fraction of sp³-hybridized carbons (Fsp3) is 0.111. The van der Waals surface area contributed by atoms with E-state index in [9.17, 15) is 4.79 Å². The molecule has 2 N–H and O–H groups in total. The molecule has 66 valence electrons. The quantitative estimate of drug-likeness (QED) is 0.660. The van der Waals surface area contributed by atoms with Crippen LogP contribution < -0.4 is 5.73 Å². The first kappa shape index (κ1) is 7.79. The Morgan fingerprint density at radius 2 is 2.38 bits per heavy atom. The number of aromatic nitrogens is 2. The molecule has 0 saturated heterocycles. The summed E-state index contributed by atoms with van der Waals surface area (Å²) in [6, 6.07) is 3.48. The van der Waals surface area contributed by atoms with Crippen molar-refractivity contribution < 1.29 is 4.79 Å². The van der Waals surface area contributed by atoms with Crippen LogP contribution in [0.3, 0.4) is 0 Å². The van der Waals surface area contributed by atoms with Gasteiger partial charge in [0.15, 0.2) is 5.78 Å². The Bertz CT molecular complexity index is 473. The number of hydrogen-bond donors (Lipinski definition) is 1. The number of anilines is 1. The van der Waals surface area contributed by atoms with Crippen LogP contribution in [0.2, 0.25) is 0 Å². The summed E-state index contributed by atoms with van der Waals surface area (Å²) in [5.74, 6) is 0.000556. The van der Waals surface area contributed by atoms with E-state index in [0.29, 0.717) is 11.3 Å². The van der Waals surface area contributed by atoms with Gasteiger partial charge in [0.05, 0.1) is 17.3 Å². The molecule has 0 amide bonds. The molecule has 0 radical (unpaired) electrons. The average molecular weight is 175 g/mol. The van der Waals surface area contributed by atoms with Crippen LogP contribution in [0.5, 0.6) is 0 Å². The highest BCUT2D eigenvalue weighted by atomic mass is 16.1. The number of fused-ring (bicyclic) bond motifs is 1. The predicted octanol–water partition coefficient (Wildman–Crippen LogP) is 1.12. The lowest BCUT2D eigenvalue weighted by molar-refractivity contribution is 0.101. The third kappa shape index (κ3) is 1.16. The second kappa shape index (κ2) is 2.58. The number of ketones is 1. The van der Waals surface area contributed by atoms with Gasteiger partial charge in [-0.3, -0.25) is 4.79 Å². The van der Waals surface area contributed by atoms with Crippen LogP contribution in [0, 0.1) is 0 Å². The first-order chi connectivity index (χ1) is 6.18. The van der Waals surface area contributed by atoms with Crippen molar-refractivity contribution in [3.8, 4) is 0 Å². The van der Waals surface area contributed by atoms with Crippen molar-refractivity contribution in [2.75, 3.05) is 5.73 Å². The van der Waals surface area contributed by atoms with Gasteiger partial charge in [-0.25, -0.2) is 4.52 Å². The van der Waals surface area contributed by atoms with Crippen LogP contribution in [-0.2, 0) is 0 Å². The van der Waals surface area contributed by atoms with Gasteiger partial charge in [0.25, 0.3) is 0 Å². The van der Waals surface area contributed by atoms with Crippen molar-refractivity contribution in [3.63, 3.8) is 0 Å². The fourth-order valence-corrected chi connectivity index (χ4v) is 1.27. The van der Waals surface area contributed by atoms with Gasteiger partial charge < -0.3 is 5.73 Å². The molecular formula is C9H9N3O. The third-order valence-electron chi connectivity index (χ3n) is 1.92. The molecule has 0 aliphatic heterocycles. The molecule has 0 fully saturated rings. The van der Waals surface area contributed by atoms with E-state index in [1.165, 1.54) is 6.92 Å². The van der Waals surface area contributed by atoms with E-state index in [0.717, 1.165) is 5.52 Å². The van der Waals surface area contributed by atoms with Crippen molar-refractivity contribution in [2.45, 2.75) is 6.92 Å². The summed E-state index contributed by atoms with van der Waals surface area (Å²) in [5.41, 5.74) is 7.60. The largest absolute Gasteiger partial charge is 0.399 e. The predicted molar refractivity (Wildman–Crippen MR) is 49.6 cm³/mol. The van der Waals surface area contributed by atoms with Crippen molar-refractivity contribution in [2.24, 2.45) is 0 Å². The Morgan fingerprint density at radius 1 is 1.62 bits per heavy atom. The number of rotatable bonds is 1. The fourth-order valence-electron chi connectivity index (χ4n) is 1.27.